The first-order chi connectivity index (χ1) is 18.3. The number of para-hydroxylation sites is 2. The molecular weight excluding hydrogens is 482 g/mol. The van der Waals surface area contributed by atoms with Crippen molar-refractivity contribution in [2.24, 2.45) is 11.7 Å². The lowest BCUT2D eigenvalue weighted by atomic mass is 9.73. The van der Waals surface area contributed by atoms with Crippen LogP contribution in [0.25, 0.3) is 0 Å². The first-order valence-corrected chi connectivity index (χ1v) is 13.9. The Kier molecular flexibility index (Phi) is 9.65. The number of ether oxygens (including phenoxy) is 2. The molecular formula is C30H43N3O5. The number of carbonyl (C=O) groups is 1. The van der Waals surface area contributed by atoms with E-state index < -0.39 is 17.7 Å². The summed E-state index contributed by atoms with van der Waals surface area (Å²) in [6, 6.07) is 15.0. The van der Waals surface area contributed by atoms with Crippen LogP contribution in [0.4, 0.5) is 4.79 Å². The van der Waals surface area contributed by atoms with Crippen LogP contribution in [0.15, 0.2) is 48.5 Å². The predicted octanol–water partition coefficient (Wildman–Crippen LogP) is 4.02. The number of aryl methyl sites for hydroxylation is 1. The number of hydrogen-bond donors (Lipinski definition) is 3. The molecule has 2 heterocycles. The van der Waals surface area contributed by atoms with E-state index in [2.05, 4.69) is 0 Å². The van der Waals surface area contributed by atoms with E-state index in [-0.39, 0.29) is 18.5 Å². The van der Waals surface area contributed by atoms with Gasteiger partial charge in [-0.1, -0.05) is 36.4 Å². The number of urea groups is 1. The van der Waals surface area contributed by atoms with Gasteiger partial charge >= 0.3 is 6.03 Å². The maximum absolute atomic E-state index is 13.3. The van der Waals surface area contributed by atoms with E-state index in [1.54, 1.807) is 4.90 Å². The third-order valence-electron chi connectivity index (χ3n) is 7.94. The Labute approximate surface area is 226 Å². The number of aliphatic hydroxyl groups excluding tert-OH is 1. The highest BCUT2D eigenvalue weighted by Gasteiger charge is 2.44. The fraction of sp³-hybridized carbons (Fsp3) is 0.567. The summed E-state index contributed by atoms with van der Waals surface area (Å²) in [6.45, 7) is 6.96. The third kappa shape index (κ3) is 6.49. The van der Waals surface area contributed by atoms with Gasteiger partial charge in [-0.2, -0.15) is 0 Å². The van der Waals surface area contributed by atoms with Gasteiger partial charge in [-0.15, -0.1) is 0 Å². The molecule has 2 fully saturated rings. The minimum Gasteiger partial charge on any atom is -0.457 e. The minimum atomic E-state index is -1.19. The summed E-state index contributed by atoms with van der Waals surface area (Å²) < 4.78 is 11.9. The van der Waals surface area contributed by atoms with Gasteiger partial charge in [0.2, 0.25) is 0 Å². The molecule has 2 aliphatic heterocycles. The number of hydrogen-bond acceptors (Lipinski definition) is 6. The first-order valence-electron chi connectivity index (χ1n) is 13.9. The fourth-order valence-electron chi connectivity index (χ4n) is 5.71. The number of aliphatic hydroxyl groups is 2. The minimum absolute atomic E-state index is 0.121. The lowest BCUT2D eigenvalue weighted by Crippen LogP contribution is -2.51. The number of carbonyl (C=O) groups excluding carboxylic acids is 1. The van der Waals surface area contributed by atoms with Crippen molar-refractivity contribution in [2.45, 2.75) is 63.7 Å². The van der Waals surface area contributed by atoms with Crippen LogP contribution in [0.1, 0.15) is 50.2 Å². The molecule has 8 nitrogen and oxygen atoms in total. The van der Waals surface area contributed by atoms with Gasteiger partial charge in [0.25, 0.3) is 0 Å². The zero-order valence-electron chi connectivity index (χ0n) is 22.7. The normalized spacial score (nSPS) is 23.3. The van der Waals surface area contributed by atoms with Gasteiger partial charge in [-0.3, -0.25) is 0 Å². The van der Waals surface area contributed by atoms with Gasteiger partial charge in [-0.05, 0) is 63.6 Å². The van der Waals surface area contributed by atoms with Crippen molar-refractivity contribution in [2.75, 3.05) is 39.4 Å². The largest absolute Gasteiger partial charge is 0.457 e. The van der Waals surface area contributed by atoms with Crippen LogP contribution in [0.2, 0.25) is 0 Å². The Morgan fingerprint density at radius 3 is 2.50 bits per heavy atom. The molecule has 38 heavy (non-hydrogen) atoms. The molecule has 2 aliphatic rings. The fourth-order valence-corrected chi connectivity index (χ4v) is 5.71. The Balaban J connectivity index is 1.60. The van der Waals surface area contributed by atoms with Crippen molar-refractivity contribution >= 4 is 6.03 Å². The quantitative estimate of drug-likeness (QED) is 0.405. The summed E-state index contributed by atoms with van der Waals surface area (Å²) in [5.74, 6) is 1.21. The number of rotatable bonds is 10. The van der Waals surface area contributed by atoms with Crippen molar-refractivity contribution in [3.63, 3.8) is 0 Å². The third-order valence-corrected chi connectivity index (χ3v) is 7.94. The van der Waals surface area contributed by atoms with Crippen molar-refractivity contribution in [1.29, 1.82) is 0 Å². The van der Waals surface area contributed by atoms with E-state index in [4.69, 9.17) is 15.2 Å². The SMILES string of the molecule is CCOCCCC[C@@](O)(c1ccccc1Oc1ccccc1C)[C@@H]1CCCN(C(=O)N2C[C@@H](N)[C@@H](O)C2)C1. The molecule has 0 unspecified atom stereocenters. The second kappa shape index (κ2) is 12.9. The van der Waals surface area contributed by atoms with E-state index in [0.29, 0.717) is 45.0 Å². The van der Waals surface area contributed by atoms with Crippen LogP contribution in [-0.4, -0.2) is 77.6 Å². The van der Waals surface area contributed by atoms with E-state index in [1.807, 2.05) is 67.3 Å². The maximum Gasteiger partial charge on any atom is 0.320 e. The highest BCUT2D eigenvalue weighted by Crippen LogP contribution is 2.44. The summed E-state index contributed by atoms with van der Waals surface area (Å²) in [5, 5.41) is 22.6. The lowest BCUT2D eigenvalue weighted by molar-refractivity contribution is -0.0589. The number of nitrogens with zero attached hydrogens (tertiary/aromatic N) is 2. The van der Waals surface area contributed by atoms with E-state index >= 15 is 0 Å². The molecule has 2 saturated heterocycles. The number of nitrogens with two attached hydrogens (primary N) is 1. The standard InChI is InChI=1S/C30H43N3O5/c1-3-37-18-9-8-16-30(36,24-13-5-7-15-28(24)38-27-14-6-4-11-22(27)2)23-12-10-17-32(19-23)29(35)33-20-25(31)26(34)21-33/h4-7,11,13-15,23,25-26,34,36H,3,8-10,12,16-21,31H2,1-2H3/t23-,25-,26+,30+/m1/s1. The molecule has 0 radical (unpaired) electrons. The smallest absolute Gasteiger partial charge is 0.320 e. The van der Waals surface area contributed by atoms with Gasteiger partial charge in [0.15, 0.2) is 0 Å². The molecule has 4 atom stereocenters. The molecule has 2 aromatic carbocycles. The van der Waals surface area contributed by atoms with Crippen molar-refractivity contribution in [3.05, 3.63) is 59.7 Å². The monoisotopic (exact) mass is 525 g/mol. The Morgan fingerprint density at radius 1 is 1.05 bits per heavy atom. The van der Waals surface area contributed by atoms with Crippen molar-refractivity contribution in [1.82, 2.24) is 9.80 Å². The zero-order valence-corrected chi connectivity index (χ0v) is 22.7. The lowest BCUT2D eigenvalue weighted by Gasteiger charge is -2.44. The zero-order chi connectivity index (χ0) is 27.1. The van der Waals surface area contributed by atoms with Gasteiger partial charge < -0.3 is 35.2 Å². The second-order valence-corrected chi connectivity index (χ2v) is 10.6. The number of amides is 2. The summed E-state index contributed by atoms with van der Waals surface area (Å²) in [5.41, 5.74) is 6.54. The molecule has 2 aromatic rings. The number of β-amino-alcohol motifs (C(OH)–C–C–N with tert-alkyl or cyclic N) is 1. The maximum atomic E-state index is 13.3. The van der Waals surface area contributed by atoms with Crippen LogP contribution < -0.4 is 10.5 Å². The number of unbranched alkanes of at least 4 members (excludes halogenated alkanes) is 1. The molecule has 4 rings (SSSR count). The van der Waals surface area contributed by atoms with Crippen LogP contribution in [0.3, 0.4) is 0 Å². The molecule has 0 aromatic heterocycles. The summed E-state index contributed by atoms with van der Waals surface area (Å²) in [7, 11) is 0. The molecule has 0 bridgehead atoms. The average Bonchev–Trinajstić information content (AvgIpc) is 3.27. The second-order valence-electron chi connectivity index (χ2n) is 10.6. The van der Waals surface area contributed by atoms with Gasteiger partial charge in [-0.25, -0.2) is 4.79 Å². The van der Waals surface area contributed by atoms with Crippen molar-refractivity contribution < 1.29 is 24.5 Å². The molecule has 0 aliphatic carbocycles. The average molecular weight is 526 g/mol. The molecule has 4 N–H and O–H groups in total. The number of benzene rings is 2. The van der Waals surface area contributed by atoms with E-state index in [9.17, 15) is 15.0 Å². The molecule has 2 amide bonds. The van der Waals surface area contributed by atoms with Crippen molar-refractivity contribution in [3.8, 4) is 11.5 Å². The predicted molar refractivity (Wildman–Crippen MR) is 147 cm³/mol. The Morgan fingerprint density at radius 2 is 1.79 bits per heavy atom. The van der Waals surface area contributed by atoms with Gasteiger partial charge in [0, 0.05) is 56.9 Å². The highest BCUT2D eigenvalue weighted by atomic mass is 16.5. The highest BCUT2D eigenvalue weighted by molar-refractivity contribution is 5.75. The van der Waals surface area contributed by atoms with E-state index in [0.717, 1.165) is 42.6 Å². The van der Waals surface area contributed by atoms with Crippen LogP contribution in [-0.2, 0) is 10.3 Å². The molecule has 8 heteroatoms. The van der Waals surface area contributed by atoms with Crippen LogP contribution in [0.5, 0.6) is 11.5 Å². The molecule has 208 valence electrons. The first kappa shape index (κ1) is 28.4. The van der Waals surface area contributed by atoms with Gasteiger partial charge in [0.05, 0.1) is 11.7 Å². The van der Waals surface area contributed by atoms with Crippen LogP contribution >= 0.6 is 0 Å². The summed E-state index contributed by atoms with van der Waals surface area (Å²) in [6.07, 6.45) is 3.05. The topological polar surface area (TPSA) is 108 Å². The Hall–Kier alpha value is -2.65. The summed E-state index contributed by atoms with van der Waals surface area (Å²) in [4.78, 5) is 16.8. The molecule has 0 saturated carbocycles. The Bertz CT molecular complexity index is 1060. The van der Waals surface area contributed by atoms with E-state index in [1.165, 1.54) is 0 Å². The number of piperidine rings is 1. The van der Waals surface area contributed by atoms with Gasteiger partial charge in [0.1, 0.15) is 11.5 Å². The molecule has 0 spiro atoms. The van der Waals surface area contributed by atoms with Crippen LogP contribution in [0, 0.1) is 12.8 Å². The number of likely N-dealkylation sites (tertiary alicyclic amines) is 2. The summed E-state index contributed by atoms with van der Waals surface area (Å²) >= 11 is 0.